The average Bonchev–Trinajstić information content (AvgIpc) is 3.20. The van der Waals surface area contributed by atoms with Crippen LogP contribution in [-0.4, -0.2) is 53.1 Å². The first kappa shape index (κ1) is 63.2. The monoisotopic (exact) mass is 1070 g/mol. The smallest absolute Gasteiger partial charge is 0.423 e. The van der Waals surface area contributed by atoms with Gasteiger partial charge in [-0.15, -0.1) is 0 Å². The number of aromatic hydroxyl groups is 2. The second kappa shape index (κ2) is 28.0. The van der Waals surface area contributed by atoms with E-state index in [4.69, 9.17) is 19.0 Å². The normalized spacial score (nSPS) is 12.5. The molecule has 0 aromatic heterocycles. The molecule has 3 aromatic carbocycles. The van der Waals surface area contributed by atoms with Gasteiger partial charge in [-0.2, -0.15) is 13.2 Å². The molecule has 0 amide bonds. The van der Waals surface area contributed by atoms with E-state index in [2.05, 4.69) is 33.8 Å². The molecule has 356 valence electrons. The largest absolute Gasteiger partial charge is 0.507 e. The third-order valence-corrected chi connectivity index (χ3v) is 10.6. The minimum Gasteiger partial charge on any atom is -0.507 e. The zero-order valence-corrected chi connectivity index (χ0v) is 43.3. The Morgan fingerprint density at radius 3 is 1.58 bits per heavy atom. The van der Waals surface area contributed by atoms with Crippen molar-refractivity contribution in [1.82, 2.24) is 0 Å². The van der Waals surface area contributed by atoms with Crippen molar-refractivity contribution in [1.29, 1.82) is 0 Å². The quantitative estimate of drug-likeness (QED) is 0.125. The number of ketones is 2. The summed E-state index contributed by atoms with van der Waals surface area (Å²) in [6, 6.07) is 2.05. The van der Waals surface area contributed by atoms with E-state index in [0.717, 1.165) is 58.9 Å². The Morgan fingerprint density at radius 1 is 0.703 bits per heavy atom. The number of rotatable bonds is 8. The number of esters is 2. The third-order valence-electron chi connectivity index (χ3n) is 10.6. The second-order valence-corrected chi connectivity index (χ2v) is 14.5. The number of carbonyl (C=O) groups excluding carboxylic acids is 5. The Labute approximate surface area is 391 Å². The Kier molecular flexibility index (Phi) is 27.6. The zero-order chi connectivity index (χ0) is 48.7. The predicted molar refractivity (Wildman–Crippen MR) is 240 cm³/mol. The number of phenolic OH excluding ortho intramolecular Hbond substituents is 2. The van der Waals surface area contributed by atoms with Crippen molar-refractivity contribution in [2.75, 3.05) is 7.11 Å². The molecule has 1 aliphatic rings. The Balaban J connectivity index is -0.000000980. The molecule has 0 bridgehead atoms. The summed E-state index contributed by atoms with van der Waals surface area (Å²) in [6.45, 7) is 30.9. The maximum absolute atomic E-state index is 13.7. The van der Waals surface area contributed by atoms with Gasteiger partial charge in [0.1, 0.15) is 47.0 Å². The number of aryl methyl sites for hydroxylation is 2. The van der Waals surface area contributed by atoms with Crippen LogP contribution < -0.4 is 9.47 Å². The molecule has 1 unspecified atom stereocenters. The summed E-state index contributed by atoms with van der Waals surface area (Å²) in [4.78, 5) is 57.0. The molecule has 3 aromatic rings. The van der Waals surface area contributed by atoms with Crippen LogP contribution in [0.1, 0.15) is 143 Å². The molecule has 15 heteroatoms. The van der Waals surface area contributed by atoms with Crippen molar-refractivity contribution in [3.8, 4) is 23.0 Å². The fourth-order valence-corrected chi connectivity index (χ4v) is 6.85. The van der Waals surface area contributed by atoms with E-state index < -0.39 is 52.3 Å². The van der Waals surface area contributed by atoms with Crippen LogP contribution >= 0.6 is 0 Å². The molecular weight excluding hydrogens is 1010 g/mol. The maximum atomic E-state index is 13.7. The number of hydrogen-bond acceptors (Lipinski definition) is 10. The van der Waals surface area contributed by atoms with Crippen LogP contribution in [0.15, 0.2) is 29.6 Å². The van der Waals surface area contributed by atoms with Gasteiger partial charge in [-0.1, -0.05) is 53.5 Å². The number of phenols is 2. The van der Waals surface area contributed by atoms with Gasteiger partial charge in [0, 0.05) is 27.1 Å². The molecule has 11 nitrogen and oxygen atoms in total. The van der Waals surface area contributed by atoms with Crippen LogP contribution in [0, 0.1) is 68.2 Å². The fourth-order valence-electron chi connectivity index (χ4n) is 6.85. The van der Waals surface area contributed by atoms with Crippen molar-refractivity contribution >= 4 is 30.3 Å². The first-order valence-electron chi connectivity index (χ1n) is 20.4. The zero-order valence-electron chi connectivity index (χ0n) is 40.3. The van der Waals surface area contributed by atoms with Crippen LogP contribution in [0.4, 0.5) is 13.2 Å². The summed E-state index contributed by atoms with van der Waals surface area (Å²) < 4.78 is 56.9. The molecule has 1 aliphatic carbocycles. The summed E-state index contributed by atoms with van der Waals surface area (Å²) >= 11 is 0. The number of hydrogen-bond donors (Lipinski definition) is 2. The Morgan fingerprint density at radius 2 is 1.17 bits per heavy atom. The minimum absolute atomic E-state index is 0. The minimum atomic E-state index is -5.10. The van der Waals surface area contributed by atoms with Crippen LogP contribution in [-0.2, 0) is 52.8 Å². The molecule has 4 N–H and O–H groups in total. The summed E-state index contributed by atoms with van der Waals surface area (Å²) in [5.74, 6) is -5.34. The summed E-state index contributed by atoms with van der Waals surface area (Å²) in [6.07, 6.45) is 0.606. The standard InChI is InChI=1S/C22H28O3.C20H19F3O6.C4H10.C2H6.CH2O.H2O.W/c1-9-18-11(2)10-12(3)19(17(18)8)22(24)25-21-15(6)13(4)20(23)14(5)16(21)7;1-8-6-12(25)7-13(28-5)14(8)19(27)29-18-10(3)9(2)15(11(4)24)17(26)16(18)20(21,22)23;1-3-4-2;2*1-2;;/h10,23H,9H2,1-8H3;6-7,14,26H,1-5H3;3-4H2,1-2H3;1-2H3;1H2;1H2;. The number of allylic oxidation sites excluding steroid dienone is 2. The Bertz CT molecular complexity index is 2170. The number of unbranched alkanes of at least 4 members (excludes halogenated alkanes) is 1. The van der Waals surface area contributed by atoms with Crippen LogP contribution in [0.5, 0.6) is 23.0 Å². The number of ether oxygens (including phenoxy) is 3. The van der Waals surface area contributed by atoms with E-state index in [1.165, 1.54) is 51.8 Å². The number of Topliss-reactive ketones (excluding diaryl/α,β-unsaturated/α-hetero) is 1. The van der Waals surface area contributed by atoms with Gasteiger partial charge < -0.3 is 34.7 Å². The van der Waals surface area contributed by atoms with Gasteiger partial charge in [-0.05, 0) is 150 Å². The van der Waals surface area contributed by atoms with Gasteiger partial charge in [0.05, 0.1) is 18.2 Å². The molecule has 4 rings (SSSR count). The number of methoxy groups -OCH3 is 1. The van der Waals surface area contributed by atoms with Gasteiger partial charge >= 0.3 is 18.1 Å². The molecule has 0 fully saturated rings. The second-order valence-electron chi connectivity index (χ2n) is 14.5. The average molecular weight is 1070 g/mol. The molecule has 0 heterocycles. The number of carbonyl (C=O) groups is 5. The maximum Gasteiger partial charge on any atom is 0.423 e. The molecule has 0 aliphatic heterocycles. The van der Waals surface area contributed by atoms with E-state index in [1.54, 1.807) is 0 Å². The van der Waals surface area contributed by atoms with Gasteiger partial charge in [-0.3, -0.25) is 14.4 Å². The van der Waals surface area contributed by atoms with E-state index in [1.807, 2.05) is 62.2 Å². The SMILES string of the molecule is C=O.CC.CCCC.CCc1c(C)cc(C)c(C(=O)Oc2c(C)c(C)c(O)c(C)c2C)c1C.COC1=CC(=O)C=C(C)C1C(=O)Oc1c(C)c(C)c(C(C)=O)c(O)c1C(F)(F)F.O.[W]. The molecule has 64 heavy (non-hydrogen) atoms. The number of halogens is 3. The third kappa shape index (κ3) is 14.7. The van der Waals surface area contributed by atoms with Crippen molar-refractivity contribution < 1.29 is 88.1 Å². The van der Waals surface area contributed by atoms with Gasteiger partial charge in [0.15, 0.2) is 11.6 Å². The van der Waals surface area contributed by atoms with Crippen LogP contribution in [0.2, 0.25) is 0 Å². The molecular formula is C49H67F3O11W. The first-order chi connectivity index (χ1) is 28.8. The fraction of sp³-hybridized carbons (Fsp3) is 0.449. The molecule has 1 atom stereocenters. The van der Waals surface area contributed by atoms with Crippen molar-refractivity contribution in [2.45, 2.75) is 136 Å². The molecule has 0 radical (unpaired) electrons. The first-order valence-corrected chi connectivity index (χ1v) is 20.4. The van der Waals surface area contributed by atoms with E-state index in [9.17, 15) is 42.6 Å². The van der Waals surface area contributed by atoms with Crippen molar-refractivity contribution in [2.24, 2.45) is 5.92 Å². The molecule has 0 saturated carbocycles. The van der Waals surface area contributed by atoms with Gasteiger partial charge in [0.25, 0.3) is 0 Å². The Hall–Kier alpha value is -5.07. The van der Waals surface area contributed by atoms with Crippen LogP contribution in [0.25, 0.3) is 0 Å². The van der Waals surface area contributed by atoms with Crippen molar-refractivity contribution in [3.05, 3.63) is 102 Å². The number of benzene rings is 3. The van der Waals surface area contributed by atoms with Gasteiger partial charge in [0.2, 0.25) is 0 Å². The molecule has 0 saturated heterocycles. The van der Waals surface area contributed by atoms with E-state index in [-0.39, 0.29) is 60.7 Å². The van der Waals surface area contributed by atoms with Gasteiger partial charge in [-0.25, -0.2) is 4.79 Å². The van der Waals surface area contributed by atoms with E-state index in [0.29, 0.717) is 11.3 Å². The van der Waals surface area contributed by atoms with Crippen molar-refractivity contribution in [3.63, 3.8) is 0 Å². The predicted octanol–water partition coefficient (Wildman–Crippen LogP) is 11.0. The van der Waals surface area contributed by atoms with Crippen LogP contribution in [0.3, 0.4) is 0 Å². The summed E-state index contributed by atoms with van der Waals surface area (Å²) in [7, 11) is 1.21. The molecule has 0 spiro atoms. The summed E-state index contributed by atoms with van der Waals surface area (Å²) in [5.41, 5.74) is 6.12. The number of alkyl halides is 3. The topological polar surface area (TPSA) is 185 Å². The summed E-state index contributed by atoms with van der Waals surface area (Å²) in [5, 5.41) is 20.4. The van der Waals surface area contributed by atoms with E-state index >= 15 is 0 Å².